The van der Waals surface area contributed by atoms with Gasteiger partial charge in [-0.1, -0.05) is 6.08 Å². The molecule has 0 saturated carbocycles. The maximum atomic E-state index is 10.4. The zero-order valence-electron chi connectivity index (χ0n) is 6.19. The van der Waals surface area contributed by atoms with Crippen molar-refractivity contribution >= 4 is 12.2 Å². The Balaban J connectivity index is 3.31. The molecule has 0 heterocycles. The van der Waals surface area contributed by atoms with Gasteiger partial charge in [0, 0.05) is 0 Å². The first-order valence-electron chi connectivity index (χ1n) is 3.26. The molecule has 0 aliphatic heterocycles. The van der Waals surface area contributed by atoms with E-state index in [0.29, 0.717) is 12.8 Å². The summed E-state index contributed by atoms with van der Waals surface area (Å²) in [6.45, 7) is 3.84. The molecule has 0 aromatic rings. The maximum absolute atomic E-state index is 10.4. The summed E-state index contributed by atoms with van der Waals surface area (Å²) in [4.78, 5) is 13.0. The van der Waals surface area contributed by atoms with E-state index >= 15 is 0 Å². The molecule has 0 aliphatic carbocycles. The molecule has 0 bridgehead atoms. The molecule has 0 unspecified atom stereocenters. The zero-order valence-corrected chi connectivity index (χ0v) is 6.19. The molecule has 0 radical (unpaired) electrons. The average molecular weight is 154 g/mol. The molecule has 0 fully saturated rings. The number of rotatable bonds is 5. The van der Waals surface area contributed by atoms with Gasteiger partial charge in [0.15, 0.2) is 0 Å². The Labute approximate surface area is 65.1 Å². The third kappa shape index (κ3) is 6.48. The summed E-state index contributed by atoms with van der Waals surface area (Å²) in [7, 11) is 0. The molecule has 11 heavy (non-hydrogen) atoms. The predicted octanol–water partition coefficient (Wildman–Crippen LogP) is 0.796. The quantitative estimate of drug-likeness (QED) is 0.147. The van der Waals surface area contributed by atoms with Crippen LogP contribution in [0.25, 0.3) is 5.53 Å². The first kappa shape index (κ1) is 9.59. The van der Waals surface area contributed by atoms with Crippen LogP contribution < -0.4 is 0 Å². The number of carbonyl (C=O) groups excluding carboxylic acids is 1. The molecule has 0 saturated heterocycles. The second kappa shape index (κ2) is 6.71. The van der Waals surface area contributed by atoms with Gasteiger partial charge in [0.1, 0.15) is 0 Å². The summed E-state index contributed by atoms with van der Waals surface area (Å²) >= 11 is 0. The van der Waals surface area contributed by atoms with Crippen LogP contribution in [0.3, 0.4) is 0 Å². The predicted molar refractivity (Wildman–Crippen MR) is 40.1 cm³/mol. The summed E-state index contributed by atoms with van der Waals surface area (Å²) in [5.74, 6) is -0.628. The number of allylic oxidation sites excluding steroid dienone is 1. The molecular weight excluding hydrogens is 144 g/mol. The highest BCUT2D eigenvalue weighted by atomic mass is 16.5. The SMILES string of the molecule is C=CCCCOC(=O)C=[N+]=[N-]. The van der Waals surface area contributed by atoms with Crippen molar-refractivity contribution in [2.45, 2.75) is 12.8 Å². The lowest BCUT2D eigenvalue weighted by molar-refractivity contribution is -0.138. The highest BCUT2D eigenvalue weighted by Gasteiger charge is 2.00. The van der Waals surface area contributed by atoms with Crippen molar-refractivity contribution < 1.29 is 14.3 Å². The normalized spacial score (nSPS) is 8.00. The molecule has 0 atom stereocenters. The van der Waals surface area contributed by atoms with E-state index in [9.17, 15) is 4.79 Å². The van der Waals surface area contributed by atoms with Crippen molar-refractivity contribution in [2.75, 3.05) is 6.61 Å². The van der Waals surface area contributed by atoms with Gasteiger partial charge in [-0.05, 0) is 12.8 Å². The van der Waals surface area contributed by atoms with Gasteiger partial charge in [-0.25, -0.2) is 4.79 Å². The topological polar surface area (TPSA) is 62.7 Å². The van der Waals surface area contributed by atoms with Crippen LogP contribution in [-0.2, 0) is 9.53 Å². The van der Waals surface area contributed by atoms with Crippen molar-refractivity contribution in [1.82, 2.24) is 0 Å². The average Bonchev–Trinajstić information content (AvgIpc) is 1.99. The Hall–Kier alpha value is -1.41. The van der Waals surface area contributed by atoms with Gasteiger partial charge in [0.05, 0.1) is 6.61 Å². The largest absolute Gasteiger partial charge is 0.457 e. The first-order valence-corrected chi connectivity index (χ1v) is 3.26. The minimum atomic E-state index is -0.628. The fourth-order valence-electron chi connectivity index (χ4n) is 0.485. The number of esters is 1. The standard InChI is InChI=1S/C7H10N2O2/c1-2-3-4-5-11-7(10)6-9-8/h2,6H,1,3-5H2. The Morgan fingerprint density at radius 3 is 3.00 bits per heavy atom. The summed E-state index contributed by atoms with van der Waals surface area (Å²) in [6.07, 6.45) is 4.01. The smallest absolute Gasteiger partial charge is 0.413 e. The van der Waals surface area contributed by atoms with Crippen molar-refractivity contribution in [3.05, 3.63) is 18.2 Å². The van der Waals surface area contributed by atoms with E-state index in [1.165, 1.54) is 0 Å². The van der Waals surface area contributed by atoms with Gasteiger partial charge < -0.3 is 10.3 Å². The van der Waals surface area contributed by atoms with Crippen LogP contribution in [0.5, 0.6) is 0 Å². The minimum absolute atomic E-state index is 0.330. The van der Waals surface area contributed by atoms with Crippen LogP contribution >= 0.6 is 0 Å². The Morgan fingerprint density at radius 1 is 1.73 bits per heavy atom. The summed E-state index contributed by atoms with van der Waals surface area (Å²) < 4.78 is 4.59. The maximum Gasteiger partial charge on any atom is 0.413 e. The molecule has 0 spiro atoms. The Morgan fingerprint density at radius 2 is 2.45 bits per heavy atom. The Bertz CT molecular complexity index is 183. The molecule has 4 nitrogen and oxygen atoms in total. The van der Waals surface area contributed by atoms with Crippen LogP contribution in [0.15, 0.2) is 12.7 Å². The van der Waals surface area contributed by atoms with Gasteiger partial charge in [-0.3, -0.25) is 0 Å². The lowest BCUT2D eigenvalue weighted by Gasteiger charge is -1.95. The van der Waals surface area contributed by atoms with Gasteiger partial charge in [-0.15, -0.1) is 6.58 Å². The third-order valence-corrected chi connectivity index (χ3v) is 0.960. The Kier molecular flexibility index (Phi) is 5.85. The first-order chi connectivity index (χ1) is 5.31. The second-order valence-corrected chi connectivity index (χ2v) is 1.84. The number of carbonyl (C=O) groups is 1. The van der Waals surface area contributed by atoms with E-state index in [1.807, 2.05) is 0 Å². The molecule has 0 amide bonds. The van der Waals surface area contributed by atoms with E-state index in [2.05, 4.69) is 16.1 Å². The van der Waals surface area contributed by atoms with E-state index in [4.69, 9.17) is 5.53 Å². The van der Waals surface area contributed by atoms with Crippen LogP contribution in [-0.4, -0.2) is 23.6 Å². The fraction of sp³-hybridized carbons (Fsp3) is 0.429. The van der Waals surface area contributed by atoms with Crippen LogP contribution in [0, 0.1) is 0 Å². The van der Waals surface area contributed by atoms with Crippen LogP contribution in [0.1, 0.15) is 12.8 Å². The lowest BCUT2D eigenvalue weighted by atomic mass is 10.3. The number of hydrogen-bond donors (Lipinski definition) is 0. The number of unbranched alkanes of at least 4 members (excludes halogenated alkanes) is 1. The van der Waals surface area contributed by atoms with Gasteiger partial charge in [0.25, 0.3) is 0 Å². The van der Waals surface area contributed by atoms with Gasteiger partial charge in [-0.2, -0.15) is 4.79 Å². The number of ether oxygens (including phenoxy) is 1. The van der Waals surface area contributed by atoms with Crippen molar-refractivity contribution in [3.63, 3.8) is 0 Å². The summed E-state index contributed by atoms with van der Waals surface area (Å²) in [5, 5.41) is 0. The second-order valence-electron chi connectivity index (χ2n) is 1.84. The van der Waals surface area contributed by atoms with E-state index in [0.717, 1.165) is 12.8 Å². The van der Waals surface area contributed by atoms with Crippen molar-refractivity contribution in [1.29, 1.82) is 0 Å². The summed E-state index contributed by atoms with van der Waals surface area (Å²) in [5.41, 5.74) is 7.89. The van der Waals surface area contributed by atoms with Crippen LogP contribution in [0.4, 0.5) is 0 Å². The van der Waals surface area contributed by atoms with Gasteiger partial charge >= 0.3 is 12.2 Å². The summed E-state index contributed by atoms with van der Waals surface area (Å²) in [6, 6.07) is 0. The molecule has 0 N–H and O–H groups in total. The van der Waals surface area contributed by atoms with E-state index in [-0.39, 0.29) is 0 Å². The molecule has 4 heteroatoms. The molecule has 0 rings (SSSR count). The van der Waals surface area contributed by atoms with E-state index < -0.39 is 5.97 Å². The van der Waals surface area contributed by atoms with E-state index in [1.54, 1.807) is 6.08 Å². The molecule has 0 aliphatic rings. The third-order valence-electron chi connectivity index (χ3n) is 0.960. The number of hydrogen-bond acceptors (Lipinski definition) is 2. The highest BCUT2D eigenvalue weighted by molar-refractivity contribution is 6.20. The monoisotopic (exact) mass is 154 g/mol. The number of nitrogens with zero attached hydrogens (tertiary/aromatic N) is 2. The molecular formula is C7H10N2O2. The molecule has 0 aromatic heterocycles. The highest BCUT2D eigenvalue weighted by Crippen LogP contribution is 1.89. The lowest BCUT2D eigenvalue weighted by Crippen LogP contribution is -2.06. The van der Waals surface area contributed by atoms with Crippen molar-refractivity contribution in [3.8, 4) is 0 Å². The fourth-order valence-corrected chi connectivity index (χ4v) is 0.485. The van der Waals surface area contributed by atoms with Gasteiger partial charge in [0.2, 0.25) is 0 Å². The van der Waals surface area contributed by atoms with Crippen molar-refractivity contribution in [2.24, 2.45) is 0 Å². The molecule has 0 aromatic carbocycles. The van der Waals surface area contributed by atoms with Crippen LogP contribution in [0.2, 0.25) is 0 Å². The minimum Gasteiger partial charge on any atom is -0.457 e. The molecule has 60 valence electrons. The zero-order chi connectivity index (χ0) is 8.53.